The zero-order valence-corrected chi connectivity index (χ0v) is 11.1. The molecule has 3 heteroatoms. The molecular formula is C14H25NO2. The van der Waals surface area contributed by atoms with Crippen LogP contribution < -0.4 is 0 Å². The molecule has 1 heterocycles. The molecule has 0 aromatic rings. The summed E-state index contributed by atoms with van der Waals surface area (Å²) in [6.07, 6.45) is 5.61. The van der Waals surface area contributed by atoms with Gasteiger partial charge in [0.2, 0.25) is 0 Å². The Bertz CT molecular complexity index is 278. The summed E-state index contributed by atoms with van der Waals surface area (Å²) in [6.45, 7) is 7.93. The van der Waals surface area contributed by atoms with Crippen molar-refractivity contribution in [2.24, 2.45) is 17.3 Å². The van der Waals surface area contributed by atoms with Gasteiger partial charge in [0.25, 0.3) is 0 Å². The van der Waals surface area contributed by atoms with Crippen molar-refractivity contribution < 1.29 is 9.90 Å². The molecule has 0 spiro atoms. The van der Waals surface area contributed by atoms with Crippen molar-refractivity contribution in [2.75, 3.05) is 19.6 Å². The van der Waals surface area contributed by atoms with Gasteiger partial charge in [-0.1, -0.05) is 20.3 Å². The maximum absolute atomic E-state index is 11.1. The standard InChI is InChI=1S/C14H25NO2/c1-3-14(4-2)9-15(10-14)8-11-6-5-7-12(11)13(16)17/h11-12H,3-10H2,1-2H3,(H,16,17). The lowest BCUT2D eigenvalue weighted by molar-refractivity contribution is -0.143. The lowest BCUT2D eigenvalue weighted by atomic mass is 9.74. The minimum Gasteiger partial charge on any atom is -0.481 e. The topological polar surface area (TPSA) is 40.5 Å². The molecule has 17 heavy (non-hydrogen) atoms. The second kappa shape index (κ2) is 4.97. The van der Waals surface area contributed by atoms with Crippen LogP contribution >= 0.6 is 0 Å². The molecule has 2 fully saturated rings. The highest BCUT2D eigenvalue weighted by molar-refractivity contribution is 5.70. The van der Waals surface area contributed by atoms with Gasteiger partial charge in [0.15, 0.2) is 0 Å². The van der Waals surface area contributed by atoms with Crippen molar-refractivity contribution in [1.82, 2.24) is 4.90 Å². The van der Waals surface area contributed by atoms with Crippen molar-refractivity contribution in [3.63, 3.8) is 0 Å². The van der Waals surface area contributed by atoms with Crippen LogP contribution in [-0.4, -0.2) is 35.6 Å². The second-order valence-electron chi connectivity index (χ2n) is 6.01. The van der Waals surface area contributed by atoms with Gasteiger partial charge >= 0.3 is 5.97 Å². The van der Waals surface area contributed by atoms with E-state index in [4.69, 9.17) is 5.11 Å². The minimum atomic E-state index is -0.578. The quantitative estimate of drug-likeness (QED) is 0.801. The number of hydrogen-bond donors (Lipinski definition) is 1. The SMILES string of the molecule is CCC1(CC)CN(CC2CCCC2C(=O)O)C1. The molecule has 0 aromatic carbocycles. The number of hydrogen-bond acceptors (Lipinski definition) is 2. The monoisotopic (exact) mass is 239 g/mol. The van der Waals surface area contributed by atoms with Crippen molar-refractivity contribution in [2.45, 2.75) is 46.0 Å². The van der Waals surface area contributed by atoms with Crippen molar-refractivity contribution >= 4 is 5.97 Å². The Morgan fingerprint density at radius 2 is 1.94 bits per heavy atom. The van der Waals surface area contributed by atoms with E-state index in [9.17, 15) is 4.79 Å². The molecule has 98 valence electrons. The summed E-state index contributed by atoms with van der Waals surface area (Å²) in [5.74, 6) is -0.252. The number of carboxylic acids is 1. The Morgan fingerprint density at radius 3 is 2.47 bits per heavy atom. The first-order chi connectivity index (χ1) is 8.10. The van der Waals surface area contributed by atoms with E-state index in [0.717, 1.165) is 25.8 Å². The van der Waals surface area contributed by atoms with E-state index in [1.165, 1.54) is 25.9 Å². The van der Waals surface area contributed by atoms with Gasteiger partial charge in [-0.3, -0.25) is 4.79 Å². The largest absolute Gasteiger partial charge is 0.481 e. The van der Waals surface area contributed by atoms with Crippen molar-refractivity contribution in [1.29, 1.82) is 0 Å². The average molecular weight is 239 g/mol. The van der Waals surface area contributed by atoms with E-state index < -0.39 is 5.97 Å². The van der Waals surface area contributed by atoms with Gasteiger partial charge in [0.05, 0.1) is 5.92 Å². The molecule has 0 radical (unpaired) electrons. The van der Waals surface area contributed by atoms with Gasteiger partial charge < -0.3 is 10.0 Å². The van der Waals surface area contributed by atoms with Crippen LogP contribution in [-0.2, 0) is 4.79 Å². The molecule has 3 nitrogen and oxygen atoms in total. The molecule has 1 saturated carbocycles. The number of likely N-dealkylation sites (tertiary alicyclic amines) is 1. The lowest BCUT2D eigenvalue weighted by Gasteiger charge is -2.51. The fourth-order valence-corrected chi connectivity index (χ4v) is 3.64. The number of aliphatic carboxylic acids is 1. The van der Waals surface area contributed by atoms with E-state index in [1.54, 1.807) is 0 Å². The zero-order chi connectivity index (χ0) is 12.5. The van der Waals surface area contributed by atoms with E-state index in [0.29, 0.717) is 11.3 Å². The molecule has 0 bridgehead atoms. The maximum Gasteiger partial charge on any atom is 0.306 e. The molecule has 0 amide bonds. The van der Waals surface area contributed by atoms with Gasteiger partial charge in [0.1, 0.15) is 0 Å². The number of carbonyl (C=O) groups is 1. The summed E-state index contributed by atoms with van der Waals surface area (Å²) in [5, 5.41) is 9.16. The van der Waals surface area contributed by atoms with E-state index in [2.05, 4.69) is 18.7 Å². The third-order valence-corrected chi connectivity index (χ3v) is 5.09. The molecule has 1 aliphatic carbocycles. The average Bonchev–Trinajstić information content (AvgIpc) is 2.71. The number of carboxylic acid groups (broad SMARTS) is 1. The highest BCUT2D eigenvalue weighted by atomic mass is 16.4. The van der Waals surface area contributed by atoms with Crippen LogP contribution in [0.5, 0.6) is 0 Å². The molecule has 2 aliphatic rings. The lowest BCUT2D eigenvalue weighted by Crippen LogP contribution is -2.57. The van der Waals surface area contributed by atoms with Crippen LogP contribution in [0.3, 0.4) is 0 Å². The smallest absolute Gasteiger partial charge is 0.306 e. The van der Waals surface area contributed by atoms with Gasteiger partial charge in [-0.05, 0) is 37.0 Å². The molecule has 1 aliphatic heterocycles. The third-order valence-electron chi connectivity index (χ3n) is 5.09. The fraction of sp³-hybridized carbons (Fsp3) is 0.929. The fourth-order valence-electron chi connectivity index (χ4n) is 3.64. The van der Waals surface area contributed by atoms with Crippen LogP contribution in [0, 0.1) is 17.3 Å². The summed E-state index contributed by atoms with van der Waals surface area (Å²) >= 11 is 0. The Morgan fingerprint density at radius 1 is 1.29 bits per heavy atom. The molecule has 2 atom stereocenters. The van der Waals surface area contributed by atoms with Crippen LogP contribution in [0.2, 0.25) is 0 Å². The molecule has 0 aromatic heterocycles. The Labute approximate surface area is 104 Å². The van der Waals surface area contributed by atoms with Crippen LogP contribution in [0.1, 0.15) is 46.0 Å². The normalized spacial score (nSPS) is 32.4. The van der Waals surface area contributed by atoms with E-state index >= 15 is 0 Å². The first-order valence-corrected chi connectivity index (χ1v) is 7.05. The summed E-state index contributed by atoms with van der Waals surface area (Å²) in [4.78, 5) is 13.6. The summed E-state index contributed by atoms with van der Waals surface area (Å²) in [5.41, 5.74) is 0.539. The third kappa shape index (κ3) is 2.49. The highest BCUT2D eigenvalue weighted by Crippen LogP contribution is 2.40. The second-order valence-corrected chi connectivity index (χ2v) is 6.01. The molecule has 2 rings (SSSR count). The van der Waals surface area contributed by atoms with Gasteiger partial charge in [0, 0.05) is 19.6 Å². The van der Waals surface area contributed by atoms with Gasteiger partial charge in [-0.25, -0.2) is 0 Å². The van der Waals surface area contributed by atoms with E-state index in [1.807, 2.05) is 0 Å². The van der Waals surface area contributed by atoms with Crippen LogP contribution in [0.15, 0.2) is 0 Å². The minimum absolute atomic E-state index is 0.0757. The number of nitrogens with zero attached hydrogens (tertiary/aromatic N) is 1. The first kappa shape index (κ1) is 12.9. The first-order valence-electron chi connectivity index (χ1n) is 7.05. The summed E-state index contributed by atoms with van der Waals surface area (Å²) in [7, 11) is 0. The van der Waals surface area contributed by atoms with Crippen LogP contribution in [0.4, 0.5) is 0 Å². The summed E-state index contributed by atoms with van der Waals surface area (Å²) < 4.78 is 0. The Hall–Kier alpha value is -0.570. The highest BCUT2D eigenvalue weighted by Gasteiger charge is 2.42. The number of rotatable bonds is 5. The molecule has 1 N–H and O–H groups in total. The molecule has 2 unspecified atom stereocenters. The zero-order valence-electron chi connectivity index (χ0n) is 11.1. The van der Waals surface area contributed by atoms with Gasteiger partial charge in [-0.2, -0.15) is 0 Å². The molecular weight excluding hydrogens is 214 g/mol. The Balaban J connectivity index is 1.82. The van der Waals surface area contributed by atoms with Crippen molar-refractivity contribution in [3.05, 3.63) is 0 Å². The summed E-state index contributed by atoms with van der Waals surface area (Å²) in [6, 6.07) is 0. The maximum atomic E-state index is 11.1. The molecule has 1 saturated heterocycles. The predicted octanol–water partition coefficient (Wildman–Crippen LogP) is 2.61. The predicted molar refractivity (Wildman–Crippen MR) is 67.9 cm³/mol. The van der Waals surface area contributed by atoms with Gasteiger partial charge in [-0.15, -0.1) is 0 Å². The van der Waals surface area contributed by atoms with E-state index in [-0.39, 0.29) is 5.92 Å². The van der Waals surface area contributed by atoms with Crippen molar-refractivity contribution in [3.8, 4) is 0 Å². The Kier molecular flexibility index (Phi) is 3.76. The van der Waals surface area contributed by atoms with Crippen LogP contribution in [0.25, 0.3) is 0 Å².